The first-order valence-electron chi connectivity index (χ1n) is 8.85. The fraction of sp³-hybridized carbons (Fsp3) is 0.130. The Balaban J connectivity index is 1.96. The van der Waals surface area contributed by atoms with Gasteiger partial charge in [-0.05, 0) is 50.1 Å². The van der Waals surface area contributed by atoms with Crippen LogP contribution in [0.3, 0.4) is 0 Å². The molecular formula is C23H23NO2S. The highest BCUT2D eigenvalue weighted by Gasteiger charge is 2.22. The maximum absolute atomic E-state index is 13.2. The summed E-state index contributed by atoms with van der Waals surface area (Å²) >= 11 is 0. The zero-order valence-corrected chi connectivity index (χ0v) is 16.4. The van der Waals surface area contributed by atoms with Crippen molar-refractivity contribution >= 4 is 15.7 Å². The Hall–Kier alpha value is -2.85. The molecule has 0 aliphatic heterocycles. The van der Waals surface area contributed by atoms with Gasteiger partial charge in [-0.25, -0.2) is 12.7 Å². The highest BCUT2D eigenvalue weighted by molar-refractivity contribution is 7.93. The average Bonchev–Trinajstić information content (AvgIpc) is 2.67. The maximum atomic E-state index is 13.2. The van der Waals surface area contributed by atoms with Crippen molar-refractivity contribution in [2.75, 3.05) is 4.31 Å². The van der Waals surface area contributed by atoms with Crippen LogP contribution in [-0.2, 0) is 16.4 Å². The minimum atomic E-state index is -3.69. The van der Waals surface area contributed by atoms with E-state index < -0.39 is 10.0 Å². The Morgan fingerprint density at radius 2 is 1.33 bits per heavy atom. The lowest BCUT2D eigenvalue weighted by Gasteiger charge is -2.21. The lowest BCUT2D eigenvalue weighted by Crippen LogP contribution is -2.25. The van der Waals surface area contributed by atoms with Crippen LogP contribution < -0.4 is 4.31 Å². The number of anilines is 1. The van der Waals surface area contributed by atoms with Gasteiger partial charge in [0.1, 0.15) is 0 Å². The van der Waals surface area contributed by atoms with Crippen LogP contribution in [0.1, 0.15) is 16.7 Å². The number of benzene rings is 3. The molecule has 0 aromatic heterocycles. The predicted molar refractivity (Wildman–Crippen MR) is 111 cm³/mol. The standard InChI is InChI=1S/C23H23NO2S/c1-19-10-14-22(15-11-19)24(18-6-9-21-7-4-3-5-8-21)27(25,26)23-16-12-20(2)13-17-23/h3-8,10-18H,9H2,1-2H3/b18-6+. The zero-order valence-electron chi connectivity index (χ0n) is 15.5. The lowest BCUT2D eigenvalue weighted by molar-refractivity contribution is 0.596. The van der Waals surface area contributed by atoms with E-state index in [9.17, 15) is 8.42 Å². The summed E-state index contributed by atoms with van der Waals surface area (Å²) in [6.07, 6.45) is 4.18. The van der Waals surface area contributed by atoms with E-state index >= 15 is 0 Å². The molecule has 0 saturated carbocycles. The first kappa shape index (κ1) is 18.9. The molecule has 0 fully saturated rings. The Bertz CT molecular complexity index is 1010. The van der Waals surface area contributed by atoms with Crippen LogP contribution >= 0.6 is 0 Å². The number of aryl methyl sites for hydroxylation is 2. The molecule has 3 aromatic rings. The van der Waals surface area contributed by atoms with Crippen LogP contribution in [0.4, 0.5) is 5.69 Å². The van der Waals surface area contributed by atoms with E-state index in [-0.39, 0.29) is 4.90 Å². The molecule has 27 heavy (non-hydrogen) atoms. The molecule has 0 saturated heterocycles. The van der Waals surface area contributed by atoms with E-state index in [0.29, 0.717) is 12.1 Å². The molecule has 0 amide bonds. The van der Waals surface area contributed by atoms with Gasteiger partial charge < -0.3 is 0 Å². The minimum absolute atomic E-state index is 0.276. The normalized spacial score (nSPS) is 11.6. The van der Waals surface area contributed by atoms with Gasteiger partial charge >= 0.3 is 0 Å². The van der Waals surface area contributed by atoms with E-state index in [2.05, 4.69) is 0 Å². The number of nitrogens with zero attached hydrogens (tertiary/aromatic N) is 1. The Labute approximate surface area is 161 Å². The van der Waals surface area contributed by atoms with Gasteiger partial charge in [-0.3, -0.25) is 0 Å². The molecule has 0 atom stereocenters. The minimum Gasteiger partial charge on any atom is -0.242 e. The van der Waals surface area contributed by atoms with Crippen LogP contribution in [0.15, 0.2) is 96.0 Å². The molecule has 0 N–H and O–H groups in total. The third-order valence-electron chi connectivity index (χ3n) is 4.30. The van der Waals surface area contributed by atoms with Crippen molar-refractivity contribution < 1.29 is 8.42 Å². The van der Waals surface area contributed by atoms with Crippen molar-refractivity contribution in [3.63, 3.8) is 0 Å². The Kier molecular flexibility index (Phi) is 5.77. The summed E-state index contributed by atoms with van der Waals surface area (Å²) in [5.74, 6) is 0. The van der Waals surface area contributed by atoms with E-state index in [1.165, 1.54) is 4.31 Å². The summed E-state index contributed by atoms with van der Waals surface area (Å²) in [6, 6.07) is 24.4. The van der Waals surface area contributed by atoms with E-state index in [4.69, 9.17) is 0 Å². The monoisotopic (exact) mass is 377 g/mol. The van der Waals surface area contributed by atoms with Crippen molar-refractivity contribution in [1.82, 2.24) is 0 Å². The zero-order chi connectivity index (χ0) is 19.3. The van der Waals surface area contributed by atoms with Crippen molar-refractivity contribution in [2.45, 2.75) is 25.2 Å². The van der Waals surface area contributed by atoms with Gasteiger partial charge in [0.25, 0.3) is 10.0 Å². The molecule has 0 aliphatic carbocycles. The van der Waals surface area contributed by atoms with Crippen molar-refractivity contribution in [1.29, 1.82) is 0 Å². The van der Waals surface area contributed by atoms with Gasteiger partial charge in [0.2, 0.25) is 0 Å². The quantitative estimate of drug-likeness (QED) is 0.588. The van der Waals surface area contributed by atoms with Gasteiger partial charge in [0.15, 0.2) is 0 Å². The van der Waals surface area contributed by atoms with Crippen LogP contribution in [0.5, 0.6) is 0 Å². The molecule has 4 heteroatoms. The van der Waals surface area contributed by atoms with Crippen LogP contribution in [0, 0.1) is 13.8 Å². The Morgan fingerprint density at radius 3 is 1.93 bits per heavy atom. The number of hydrogen-bond acceptors (Lipinski definition) is 2. The fourth-order valence-electron chi connectivity index (χ4n) is 2.72. The van der Waals surface area contributed by atoms with Crippen molar-refractivity contribution in [2.24, 2.45) is 0 Å². The SMILES string of the molecule is Cc1ccc(N(/C=C/Cc2ccccc2)S(=O)(=O)c2ccc(C)cc2)cc1. The second kappa shape index (κ2) is 8.23. The van der Waals surface area contributed by atoms with Crippen LogP contribution in [0.25, 0.3) is 0 Å². The first-order chi connectivity index (χ1) is 13.0. The molecule has 0 heterocycles. The summed E-state index contributed by atoms with van der Waals surface area (Å²) in [4.78, 5) is 0.276. The summed E-state index contributed by atoms with van der Waals surface area (Å²) < 4.78 is 27.8. The van der Waals surface area contributed by atoms with Gasteiger partial charge in [0, 0.05) is 6.20 Å². The van der Waals surface area contributed by atoms with Gasteiger partial charge in [-0.1, -0.05) is 71.8 Å². The first-order valence-corrected chi connectivity index (χ1v) is 10.3. The molecule has 0 radical (unpaired) electrons. The molecule has 0 unspecified atom stereocenters. The number of rotatable bonds is 6. The maximum Gasteiger partial charge on any atom is 0.268 e. The Morgan fingerprint density at radius 1 is 0.778 bits per heavy atom. The van der Waals surface area contributed by atoms with E-state index in [1.54, 1.807) is 18.3 Å². The van der Waals surface area contributed by atoms with Crippen molar-refractivity contribution in [3.8, 4) is 0 Å². The van der Waals surface area contributed by atoms with E-state index in [1.807, 2.05) is 86.7 Å². The van der Waals surface area contributed by atoms with Gasteiger partial charge in [-0.15, -0.1) is 0 Å². The highest BCUT2D eigenvalue weighted by atomic mass is 32.2. The molecule has 3 rings (SSSR count). The molecule has 0 spiro atoms. The highest BCUT2D eigenvalue weighted by Crippen LogP contribution is 2.25. The topological polar surface area (TPSA) is 37.4 Å². The molecule has 0 bridgehead atoms. The second-order valence-corrected chi connectivity index (χ2v) is 8.34. The molecule has 3 aromatic carbocycles. The summed E-state index contributed by atoms with van der Waals surface area (Å²) in [5.41, 5.74) is 3.85. The van der Waals surface area contributed by atoms with Crippen LogP contribution in [0.2, 0.25) is 0 Å². The summed E-state index contributed by atoms with van der Waals surface area (Å²) in [7, 11) is -3.69. The lowest BCUT2D eigenvalue weighted by atomic mass is 10.1. The van der Waals surface area contributed by atoms with Crippen molar-refractivity contribution in [3.05, 3.63) is 108 Å². The summed E-state index contributed by atoms with van der Waals surface area (Å²) in [6.45, 7) is 3.92. The molecule has 138 valence electrons. The second-order valence-electron chi connectivity index (χ2n) is 6.52. The van der Waals surface area contributed by atoms with Crippen LogP contribution in [-0.4, -0.2) is 8.42 Å². The number of hydrogen-bond donors (Lipinski definition) is 0. The average molecular weight is 378 g/mol. The number of allylic oxidation sites excluding steroid dienone is 1. The van der Waals surface area contributed by atoms with Gasteiger partial charge in [0.05, 0.1) is 10.6 Å². The molecule has 3 nitrogen and oxygen atoms in total. The smallest absolute Gasteiger partial charge is 0.242 e. The largest absolute Gasteiger partial charge is 0.268 e. The third kappa shape index (κ3) is 4.66. The van der Waals surface area contributed by atoms with E-state index in [0.717, 1.165) is 16.7 Å². The number of sulfonamides is 1. The molecular weight excluding hydrogens is 354 g/mol. The summed E-state index contributed by atoms with van der Waals surface area (Å²) in [5, 5.41) is 0. The predicted octanol–water partition coefficient (Wildman–Crippen LogP) is 5.26. The third-order valence-corrected chi connectivity index (χ3v) is 6.02. The fourth-order valence-corrected chi connectivity index (χ4v) is 4.07. The van der Waals surface area contributed by atoms with Gasteiger partial charge in [-0.2, -0.15) is 0 Å². The molecule has 0 aliphatic rings.